The molecule has 0 unspecified atom stereocenters. The summed E-state index contributed by atoms with van der Waals surface area (Å²) in [5, 5.41) is 6.82. The molecular formula is C12H14N4O3. The van der Waals surface area contributed by atoms with Crippen molar-refractivity contribution in [2.75, 3.05) is 18.2 Å². The van der Waals surface area contributed by atoms with Crippen LogP contribution >= 0.6 is 0 Å². The lowest BCUT2D eigenvalue weighted by atomic mass is 10.1. The van der Waals surface area contributed by atoms with Gasteiger partial charge in [-0.2, -0.15) is 4.98 Å². The Bertz CT molecular complexity index is 594. The average molecular weight is 262 g/mol. The normalized spacial score (nSPS) is 10.2. The lowest BCUT2D eigenvalue weighted by Gasteiger charge is -2.08. The van der Waals surface area contributed by atoms with Gasteiger partial charge in [-0.1, -0.05) is 5.16 Å². The van der Waals surface area contributed by atoms with Crippen molar-refractivity contribution in [1.29, 1.82) is 0 Å². The fourth-order valence-electron chi connectivity index (χ4n) is 1.56. The second-order valence-corrected chi connectivity index (χ2v) is 3.88. The zero-order valence-corrected chi connectivity index (χ0v) is 10.6. The summed E-state index contributed by atoms with van der Waals surface area (Å²) in [4.78, 5) is 15.4. The molecule has 0 aliphatic carbocycles. The molecule has 0 bridgehead atoms. The largest absolute Gasteiger partial charge is 0.465 e. The van der Waals surface area contributed by atoms with E-state index in [1.165, 1.54) is 7.11 Å². The minimum atomic E-state index is -0.424. The Balaban J connectivity index is 2.07. The maximum atomic E-state index is 11.3. The molecular weight excluding hydrogens is 248 g/mol. The van der Waals surface area contributed by atoms with Crippen LogP contribution in [0.15, 0.2) is 22.7 Å². The molecule has 19 heavy (non-hydrogen) atoms. The number of carbonyl (C=O) groups excluding carboxylic acids is 1. The van der Waals surface area contributed by atoms with Gasteiger partial charge in [0, 0.05) is 6.92 Å². The fraction of sp³-hybridized carbons (Fsp3) is 0.250. The second-order valence-electron chi connectivity index (χ2n) is 3.88. The zero-order valence-electron chi connectivity index (χ0n) is 10.6. The number of hydrogen-bond donors (Lipinski definition) is 2. The summed E-state index contributed by atoms with van der Waals surface area (Å²) < 4.78 is 9.47. The highest BCUT2D eigenvalue weighted by Crippen LogP contribution is 2.20. The maximum absolute atomic E-state index is 11.3. The molecule has 0 saturated carbocycles. The zero-order chi connectivity index (χ0) is 13.8. The molecule has 7 heteroatoms. The molecule has 1 aromatic heterocycles. The summed E-state index contributed by atoms with van der Waals surface area (Å²) in [5.41, 5.74) is 7.39. The number of esters is 1. The predicted molar refractivity (Wildman–Crippen MR) is 68.6 cm³/mol. The van der Waals surface area contributed by atoms with Crippen molar-refractivity contribution < 1.29 is 14.1 Å². The molecule has 0 aliphatic heterocycles. The van der Waals surface area contributed by atoms with E-state index in [2.05, 4.69) is 20.2 Å². The van der Waals surface area contributed by atoms with Crippen LogP contribution in [0.1, 0.15) is 22.1 Å². The van der Waals surface area contributed by atoms with E-state index in [0.29, 0.717) is 35.2 Å². The topological polar surface area (TPSA) is 103 Å². The monoisotopic (exact) mass is 262 g/mol. The first-order valence-electron chi connectivity index (χ1n) is 5.61. The third-order valence-corrected chi connectivity index (χ3v) is 2.48. The minimum absolute atomic E-state index is 0.388. The lowest BCUT2D eigenvalue weighted by Crippen LogP contribution is -2.06. The van der Waals surface area contributed by atoms with Gasteiger partial charge in [-0.05, 0) is 18.2 Å². The molecule has 1 heterocycles. The molecule has 7 nitrogen and oxygen atoms in total. The van der Waals surface area contributed by atoms with Crippen molar-refractivity contribution >= 4 is 17.3 Å². The summed E-state index contributed by atoms with van der Waals surface area (Å²) >= 11 is 0. The van der Waals surface area contributed by atoms with Crippen LogP contribution in [0.2, 0.25) is 0 Å². The van der Waals surface area contributed by atoms with E-state index in [0.717, 1.165) is 0 Å². The molecule has 3 N–H and O–H groups in total. The minimum Gasteiger partial charge on any atom is -0.465 e. The van der Waals surface area contributed by atoms with Crippen LogP contribution in [-0.4, -0.2) is 23.2 Å². The van der Waals surface area contributed by atoms with Gasteiger partial charge in [-0.3, -0.25) is 0 Å². The Labute approximate surface area is 109 Å². The van der Waals surface area contributed by atoms with Crippen LogP contribution in [-0.2, 0) is 11.3 Å². The van der Waals surface area contributed by atoms with E-state index in [9.17, 15) is 4.79 Å². The first-order chi connectivity index (χ1) is 9.10. The summed E-state index contributed by atoms with van der Waals surface area (Å²) in [6, 6.07) is 4.89. The van der Waals surface area contributed by atoms with Crippen molar-refractivity contribution in [2.45, 2.75) is 13.5 Å². The smallest absolute Gasteiger partial charge is 0.337 e. The highest BCUT2D eigenvalue weighted by atomic mass is 16.5. The Morgan fingerprint density at radius 2 is 2.32 bits per heavy atom. The highest BCUT2D eigenvalue weighted by Gasteiger charge is 2.08. The molecule has 100 valence electrons. The van der Waals surface area contributed by atoms with Gasteiger partial charge < -0.3 is 20.3 Å². The maximum Gasteiger partial charge on any atom is 0.337 e. The Kier molecular flexibility index (Phi) is 3.65. The first-order valence-corrected chi connectivity index (χ1v) is 5.61. The van der Waals surface area contributed by atoms with E-state index in [-0.39, 0.29) is 0 Å². The number of aromatic nitrogens is 2. The van der Waals surface area contributed by atoms with Crippen molar-refractivity contribution in [3.05, 3.63) is 35.5 Å². The second kappa shape index (κ2) is 5.38. The number of nitrogens with one attached hydrogen (secondary N) is 1. The number of methoxy groups -OCH3 is 1. The highest BCUT2D eigenvalue weighted by molar-refractivity contribution is 5.91. The Morgan fingerprint density at radius 1 is 1.53 bits per heavy atom. The van der Waals surface area contributed by atoms with Gasteiger partial charge in [0.15, 0.2) is 5.82 Å². The molecule has 0 aliphatic rings. The van der Waals surface area contributed by atoms with Gasteiger partial charge in [0.05, 0.1) is 30.6 Å². The molecule has 0 radical (unpaired) electrons. The summed E-state index contributed by atoms with van der Waals surface area (Å²) in [6.45, 7) is 2.11. The molecule has 2 rings (SSSR count). The third-order valence-electron chi connectivity index (χ3n) is 2.48. The van der Waals surface area contributed by atoms with Crippen LogP contribution in [0.4, 0.5) is 11.4 Å². The number of carbonyl (C=O) groups is 1. The van der Waals surface area contributed by atoms with Crippen molar-refractivity contribution in [3.8, 4) is 0 Å². The molecule has 0 atom stereocenters. The van der Waals surface area contributed by atoms with Crippen LogP contribution in [0.3, 0.4) is 0 Å². The van der Waals surface area contributed by atoms with E-state index in [1.807, 2.05) is 0 Å². The number of nitrogens with two attached hydrogens (primary N) is 1. The number of nitrogens with zero attached hydrogens (tertiary/aromatic N) is 2. The van der Waals surface area contributed by atoms with Crippen molar-refractivity contribution in [1.82, 2.24) is 10.1 Å². The van der Waals surface area contributed by atoms with E-state index < -0.39 is 5.97 Å². The van der Waals surface area contributed by atoms with E-state index in [1.54, 1.807) is 25.1 Å². The Hall–Kier alpha value is -2.57. The standard InChI is InChI=1S/C12H14N4O3/c1-7-15-11(16-19-7)6-14-10-4-3-8(5-9(10)13)12(17)18-2/h3-5,14H,6,13H2,1-2H3. The number of aryl methyl sites for hydroxylation is 1. The molecule has 0 fully saturated rings. The van der Waals surface area contributed by atoms with Crippen LogP contribution < -0.4 is 11.1 Å². The van der Waals surface area contributed by atoms with E-state index in [4.69, 9.17) is 10.3 Å². The van der Waals surface area contributed by atoms with Gasteiger partial charge in [0.2, 0.25) is 5.89 Å². The molecule has 0 spiro atoms. The van der Waals surface area contributed by atoms with Gasteiger partial charge in [-0.15, -0.1) is 0 Å². The van der Waals surface area contributed by atoms with Crippen LogP contribution in [0, 0.1) is 6.92 Å². The summed E-state index contributed by atoms with van der Waals surface area (Å²) in [6.07, 6.45) is 0. The first kappa shape index (κ1) is 12.9. The van der Waals surface area contributed by atoms with E-state index >= 15 is 0 Å². The average Bonchev–Trinajstić information content (AvgIpc) is 2.82. The third kappa shape index (κ3) is 3.01. The Morgan fingerprint density at radius 3 is 2.89 bits per heavy atom. The summed E-state index contributed by atoms with van der Waals surface area (Å²) in [7, 11) is 1.32. The number of benzene rings is 1. The van der Waals surface area contributed by atoms with Gasteiger partial charge in [0.1, 0.15) is 0 Å². The molecule has 1 aromatic carbocycles. The lowest BCUT2D eigenvalue weighted by molar-refractivity contribution is 0.0601. The van der Waals surface area contributed by atoms with Crippen LogP contribution in [0.25, 0.3) is 0 Å². The van der Waals surface area contributed by atoms with Gasteiger partial charge >= 0.3 is 5.97 Å². The number of rotatable bonds is 4. The molecule has 0 saturated heterocycles. The quantitative estimate of drug-likeness (QED) is 0.633. The molecule has 2 aromatic rings. The fourth-order valence-corrected chi connectivity index (χ4v) is 1.56. The SMILES string of the molecule is COC(=O)c1ccc(NCc2noc(C)n2)c(N)c1. The van der Waals surface area contributed by atoms with Crippen molar-refractivity contribution in [2.24, 2.45) is 0 Å². The van der Waals surface area contributed by atoms with Crippen molar-refractivity contribution in [3.63, 3.8) is 0 Å². The number of nitrogen functional groups attached to an aromatic ring is 1. The predicted octanol–water partition coefficient (Wildman–Crippen LogP) is 1.36. The van der Waals surface area contributed by atoms with Gasteiger partial charge in [0.25, 0.3) is 0 Å². The summed E-state index contributed by atoms with van der Waals surface area (Å²) in [5.74, 6) is 0.617. The number of ether oxygens (including phenoxy) is 1. The number of hydrogen-bond acceptors (Lipinski definition) is 7. The number of anilines is 2. The van der Waals surface area contributed by atoms with Gasteiger partial charge in [-0.25, -0.2) is 4.79 Å². The van der Waals surface area contributed by atoms with Crippen LogP contribution in [0.5, 0.6) is 0 Å². The molecule has 0 amide bonds.